The summed E-state index contributed by atoms with van der Waals surface area (Å²) in [7, 11) is 0. The van der Waals surface area contributed by atoms with Crippen molar-refractivity contribution in [1.29, 1.82) is 0 Å². The quantitative estimate of drug-likeness (QED) is 0.844. The first-order valence-corrected chi connectivity index (χ1v) is 9.75. The maximum atomic E-state index is 11.7. The van der Waals surface area contributed by atoms with Crippen LogP contribution in [-0.4, -0.2) is 35.1 Å². The Hall–Kier alpha value is -1.61. The molecule has 1 aliphatic heterocycles. The lowest BCUT2D eigenvalue weighted by Crippen LogP contribution is -2.44. The number of rotatable bonds is 5. The predicted molar refractivity (Wildman–Crippen MR) is 102 cm³/mol. The average molecular weight is 341 g/mol. The van der Waals surface area contributed by atoms with Crippen LogP contribution in [-0.2, 0) is 4.79 Å². The summed E-state index contributed by atoms with van der Waals surface area (Å²) in [5.74, 6) is 0.648. The molecular formula is C22H31NO2. The average Bonchev–Trinajstić information content (AvgIpc) is 3.07. The molecule has 1 aromatic carbocycles. The SMILES string of the molecule is CCC1(C(=O)O)CCC(N2CC[C@@H](/C=C\c3ccccc3)C(C)C2)C1. The van der Waals surface area contributed by atoms with Gasteiger partial charge < -0.3 is 10.0 Å². The van der Waals surface area contributed by atoms with Crippen LogP contribution in [0.1, 0.15) is 51.5 Å². The Bertz CT molecular complexity index is 612. The van der Waals surface area contributed by atoms with E-state index in [0.717, 1.165) is 38.8 Å². The topological polar surface area (TPSA) is 40.5 Å². The fourth-order valence-corrected chi connectivity index (χ4v) is 4.69. The van der Waals surface area contributed by atoms with E-state index in [1.54, 1.807) is 0 Å². The molecule has 1 aromatic rings. The van der Waals surface area contributed by atoms with Crippen LogP contribution in [0.2, 0.25) is 0 Å². The van der Waals surface area contributed by atoms with Gasteiger partial charge in [-0.05, 0) is 56.0 Å². The molecular weight excluding hydrogens is 310 g/mol. The molecule has 4 atom stereocenters. The van der Waals surface area contributed by atoms with Gasteiger partial charge in [0.05, 0.1) is 5.41 Å². The maximum absolute atomic E-state index is 11.7. The number of hydrogen-bond donors (Lipinski definition) is 1. The maximum Gasteiger partial charge on any atom is 0.309 e. The van der Waals surface area contributed by atoms with E-state index in [1.165, 1.54) is 12.0 Å². The normalized spacial score (nSPS) is 33.8. The van der Waals surface area contributed by atoms with Gasteiger partial charge in [-0.25, -0.2) is 0 Å². The van der Waals surface area contributed by atoms with Crippen LogP contribution in [0.3, 0.4) is 0 Å². The molecule has 1 heterocycles. The van der Waals surface area contributed by atoms with E-state index < -0.39 is 11.4 Å². The van der Waals surface area contributed by atoms with Gasteiger partial charge in [0.25, 0.3) is 0 Å². The summed E-state index contributed by atoms with van der Waals surface area (Å²) in [4.78, 5) is 14.3. The van der Waals surface area contributed by atoms with Crippen LogP contribution in [0.25, 0.3) is 6.08 Å². The third kappa shape index (κ3) is 3.98. The summed E-state index contributed by atoms with van der Waals surface area (Å²) in [6.07, 6.45) is 9.26. The first-order valence-electron chi connectivity index (χ1n) is 9.75. The Morgan fingerprint density at radius 1 is 1.32 bits per heavy atom. The van der Waals surface area contributed by atoms with Gasteiger partial charge in [-0.2, -0.15) is 0 Å². The highest BCUT2D eigenvalue weighted by Crippen LogP contribution is 2.44. The van der Waals surface area contributed by atoms with Crippen molar-refractivity contribution >= 4 is 12.0 Å². The molecule has 0 aromatic heterocycles. The number of carboxylic acid groups (broad SMARTS) is 1. The molecule has 2 fully saturated rings. The molecule has 0 bridgehead atoms. The molecule has 2 aliphatic rings. The van der Waals surface area contributed by atoms with E-state index in [2.05, 4.69) is 48.2 Å². The van der Waals surface area contributed by atoms with Gasteiger partial charge in [0, 0.05) is 12.6 Å². The van der Waals surface area contributed by atoms with Gasteiger partial charge in [-0.15, -0.1) is 0 Å². The lowest BCUT2D eigenvalue weighted by Gasteiger charge is -2.39. The van der Waals surface area contributed by atoms with Crippen molar-refractivity contribution in [2.75, 3.05) is 13.1 Å². The van der Waals surface area contributed by atoms with Crippen LogP contribution in [0.4, 0.5) is 0 Å². The van der Waals surface area contributed by atoms with Crippen molar-refractivity contribution in [2.45, 2.75) is 52.0 Å². The molecule has 3 unspecified atom stereocenters. The standard InChI is InChI=1S/C22H31NO2/c1-3-22(21(24)25)13-11-20(15-22)23-14-12-19(17(2)16-23)10-9-18-7-5-4-6-8-18/h4-10,17,19-20H,3,11-16H2,1-2H3,(H,24,25)/b10-9-/t17?,19-,20?,22?/m1/s1. The third-order valence-electron chi connectivity index (χ3n) is 6.57. The second kappa shape index (κ2) is 7.74. The zero-order valence-corrected chi connectivity index (χ0v) is 15.5. The number of benzene rings is 1. The van der Waals surface area contributed by atoms with Crippen molar-refractivity contribution < 1.29 is 9.90 Å². The summed E-state index contributed by atoms with van der Waals surface area (Å²) in [5, 5.41) is 9.62. The molecule has 0 amide bonds. The van der Waals surface area contributed by atoms with Crippen LogP contribution in [0.15, 0.2) is 36.4 Å². The van der Waals surface area contributed by atoms with Crippen LogP contribution in [0, 0.1) is 17.3 Å². The van der Waals surface area contributed by atoms with Gasteiger partial charge in [-0.1, -0.05) is 56.3 Å². The minimum atomic E-state index is -0.591. The number of hydrogen-bond acceptors (Lipinski definition) is 2. The number of carbonyl (C=O) groups is 1. The number of allylic oxidation sites excluding steroid dienone is 1. The first-order chi connectivity index (χ1) is 12.0. The molecule has 0 radical (unpaired) electrons. The van der Waals surface area contributed by atoms with Crippen LogP contribution in [0.5, 0.6) is 0 Å². The second-order valence-corrected chi connectivity index (χ2v) is 8.03. The van der Waals surface area contributed by atoms with Gasteiger partial charge in [0.2, 0.25) is 0 Å². The Labute approximate surface area is 151 Å². The number of aliphatic carboxylic acids is 1. The van der Waals surface area contributed by atoms with E-state index in [1.807, 2.05) is 13.0 Å². The van der Waals surface area contributed by atoms with Gasteiger partial charge in [-0.3, -0.25) is 4.79 Å². The Balaban J connectivity index is 1.57. The zero-order chi connectivity index (χ0) is 17.9. The van der Waals surface area contributed by atoms with Crippen molar-refractivity contribution in [3.63, 3.8) is 0 Å². The monoisotopic (exact) mass is 341 g/mol. The largest absolute Gasteiger partial charge is 0.481 e. The van der Waals surface area contributed by atoms with E-state index in [0.29, 0.717) is 17.9 Å². The highest BCUT2D eigenvalue weighted by molar-refractivity contribution is 5.75. The third-order valence-corrected chi connectivity index (χ3v) is 6.57. The molecule has 1 aliphatic carbocycles. The number of nitrogens with zero attached hydrogens (tertiary/aromatic N) is 1. The second-order valence-electron chi connectivity index (χ2n) is 8.03. The van der Waals surface area contributed by atoms with E-state index >= 15 is 0 Å². The van der Waals surface area contributed by atoms with Crippen LogP contribution >= 0.6 is 0 Å². The summed E-state index contributed by atoms with van der Waals surface area (Å²) in [6, 6.07) is 10.9. The summed E-state index contributed by atoms with van der Waals surface area (Å²) < 4.78 is 0. The molecule has 136 valence electrons. The van der Waals surface area contributed by atoms with Crippen molar-refractivity contribution in [3.05, 3.63) is 42.0 Å². The van der Waals surface area contributed by atoms with Crippen molar-refractivity contribution in [1.82, 2.24) is 4.90 Å². The highest BCUT2D eigenvalue weighted by atomic mass is 16.4. The predicted octanol–water partition coefficient (Wildman–Crippen LogP) is 4.69. The Morgan fingerprint density at radius 2 is 2.08 bits per heavy atom. The number of carboxylic acids is 1. The molecule has 1 N–H and O–H groups in total. The minimum Gasteiger partial charge on any atom is -0.481 e. The zero-order valence-electron chi connectivity index (χ0n) is 15.5. The number of likely N-dealkylation sites (tertiary alicyclic amines) is 1. The molecule has 0 spiro atoms. The fraction of sp³-hybridized carbons (Fsp3) is 0.591. The van der Waals surface area contributed by atoms with Crippen LogP contribution < -0.4 is 0 Å². The Kier molecular flexibility index (Phi) is 5.63. The van der Waals surface area contributed by atoms with E-state index in [9.17, 15) is 9.90 Å². The lowest BCUT2D eigenvalue weighted by atomic mass is 9.82. The van der Waals surface area contributed by atoms with Gasteiger partial charge in [0.1, 0.15) is 0 Å². The Morgan fingerprint density at radius 3 is 2.68 bits per heavy atom. The smallest absolute Gasteiger partial charge is 0.309 e. The molecule has 3 rings (SSSR count). The first kappa shape index (κ1) is 18.2. The molecule has 25 heavy (non-hydrogen) atoms. The molecule has 3 nitrogen and oxygen atoms in total. The number of piperidine rings is 1. The molecule has 3 heteroatoms. The van der Waals surface area contributed by atoms with Gasteiger partial charge >= 0.3 is 5.97 Å². The molecule has 1 saturated carbocycles. The lowest BCUT2D eigenvalue weighted by molar-refractivity contribution is -0.149. The van der Waals surface area contributed by atoms with E-state index in [-0.39, 0.29) is 0 Å². The summed E-state index contributed by atoms with van der Waals surface area (Å²) in [5.41, 5.74) is 0.792. The summed E-state index contributed by atoms with van der Waals surface area (Å²) >= 11 is 0. The summed E-state index contributed by atoms with van der Waals surface area (Å²) in [6.45, 7) is 6.55. The van der Waals surface area contributed by atoms with Crippen molar-refractivity contribution in [2.24, 2.45) is 17.3 Å². The molecule has 1 saturated heterocycles. The minimum absolute atomic E-state index is 0.456. The fourth-order valence-electron chi connectivity index (χ4n) is 4.69. The van der Waals surface area contributed by atoms with Crippen molar-refractivity contribution in [3.8, 4) is 0 Å². The van der Waals surface area contributed by atoms with Gasteiger partial charge in [0.15, 0.2) is 0 Å². The highest BCUT2D eigenvalue weighted by Gasteiger charge is 2.46. The van der Waals surface area contributed by atoms with E-state index in [4.69, 9.17) is 0 Å².